The molecule has 0 saturated carbocycles. The van der Waals surface area contributed by atoms with Gasteiger partial charge in [0.1, 0.15) is 11.3 Å². The fraction of sp³-hybridized carbons (Fsp3) is 0.368. The fourth-order valence-electron chi connectivity index (χ4n) is 2.92. The van der Waals surface area contributed by atoms with Gasteiger partial charge in [0, 0.05) is 11.6 Å². The molecular formula is C19H21ClN4O4. The Kier molecular flexibility index (Phi) is 5.99. The molecule has 28 heavy (non-hydrogen) atoms. The normalized spacial score (nSPS) is 13.2. The largest absolute Gasteiger partial charge is 0.466 e. The summed E-state index contributed by atoms with van der Waals surface area (Å²) in [5.74, 6) is -0.557. The first kappa shape index (κ1) is 19.9. The van der Waals surface area contributed by atoms with Crippen molar-refractivity contribution in [2.75, 3.05) is 24.8 Å². The lowest BCUT2D eigenvalue weighted by Crippen LogP contribution is -2.43. The maximum Gasteiger partial charge on any atom is 0.342 e. The Bertz CT molecular complexity index is 960. The lowest BCUT2D eigenvalue weighted by molar-refractivity contribution is -0.142. The molecule has 3 rings (SSSR count). The van der Waals surface area contributed by atoms with Gasteiger partial charge in [-0.05, 0) is 39.0 Å². The van der Waals surface area contributed by atoms with Gasteiger partial charge in [0.05, 0.1) is 36.4 Å². The molecule has 0 radical (unpaired) electrons. The number of fused-ring (bicyclic) bond motifs is 2. The zero-order valence-electron chi connectivity index (χ0n) is 15.9. The molecule has 1 aliphatic rings. The van der Waals surface area contributed by atoms with E-state index in [9.17, 15) is 9.59 Å². The van der Waals surface area contributed by atoms with Gasteiger partial charge in [-0.2, -0.15) is 0 Å². The first-order chi connectivity index (χ1) is 13.5. The van der Waals surface area contributed by atoms with E-state index in [-0.39, 0.29) is 25.2 Å². The smallest absolute Gasteiger partial charge is 0.342 e. The number of nitrogens with zero attached hydrogens (tertiary/aromatic N) is 3. The van der Waals surface area contributed by atoms with Crippen molar-refractivity contribution in [1.82, 2.24) is 15.4 Å². The first-order valence-corrected chi connectivity index (χ1v) is 9.44. The van der Waals surface area contributed by atoms with E-state index in [0.29, 0.717) is 39.8 Å². The molecule has 2 heterocycles. The molecule has 0 atom stereocenters. The molecule has 0 spiro atoms. The summed E-state index contributed by atoms with van der Waals surface area (Å²) in [6.07, 6.45) is -0.118. The van der Waals surface area contributed by atoms with Gasteiger partial charge in [0.15, 0.2) is 5.82 Å². The van der Waals surface area contributed by atoms with E-state index in [1.54, 1.807) is 37.1 Å². The van der Waals surface area contributed by atoms with E-state index in [1.165, 1.54) is 0 Å². The molecule has 2 aromatic rings. The highest BCUT2D eigenvalue weighted by molar-refractivity contribution is 6.31. The van der Waals surface area contributed by atoms with Gasteiger partial charge in [-0.1, -0.05) is 11.6 Å². The van der Waals surface area contributed by atoms with Crippen LogP contribution in [0.2, 0.25) is 5.02 Å². The van der Waals surface area contributed by atoms with Crippen molar-refractivity contribution >= 4 is 46.0 Å². The quantitative estimate of drug-likeness (QED) is 0.734. The Morgan fingerprint density at radius 3 is 2.54 bits per heavy atom. The third-order valence-electron chi connectivity index (χ3n) is 4.09. The van der Waals surface area contributed by atoms with Gasteiger partial charge in [0.2, 0.25) is 0 Å². The minimum Gasteiger partial charge on any atom is -0.466 e. The number of ether oxygens (including phenoxy) is 2. The Hall–Kier alpha value is -2.87. The summed E-state index contributed by atoms with van der Waals surface area (Å²) in [5.41, 5.74) is 5.15. The summed E-state index contributed by atoms with van der Waals surface area (Å²) in [5, 5.41) is 2.24. The van der Waals surface area contributed by atoms with Crippen LogP contribution in [-0.2, 0) is 19.1 Å². The number of carbonyl (C=O) groups excluding carboxylic acids is 2. The molecule has 0 aliphatic carbocycles. The molecule has 9 heteroatoms. The van der Waals surface area contributed by atoms with E-state index in [2.05, 4.69) is 15.4 Å². The Balaban J connectivity index is 2.21. The molecule has 1 aromatic heterocycles. The van der Waals surface area contributed by atoms with Crippen molar-refractivity contribution in [3.63, 3.8) is 0 Å². The lowest BCUT2D eigenvalue weighted by Gasteiger charge is -2.32. The van der Waals surface area contributed by atoms with Crippen LogP contribution in [0.4, 0.5) is 5.82 Å². The van der Waals surface area contributed by atoms with E-state index >= 15 is 0 Å². The predicted octanol–water partition coefficient (Wildman–Crippen LogP) is 2.86. The molecule has 1 aromatic carbocycles. The molecule has 148 valence electrons. The van der Waals surface area contributed by atoms with Crippen LogP contribution in [0, 0.1) is 0 Å². The molecule has 1 N–H and O–H groups in total. The van der Waals surface area contributed by atoms with Gasteiger partial charge in [-0.25, -0.2) is 14.8 Å². The number of rotatable bonds is 6. The summed E-state index contributed by atoms with van der Waals surface area (Å²) in [7, 11) is 0. The topological polar surface area (TPSA) is 93.7 Å². The number of hydrazine groups is 1. The molecular weight excluding hydrogens is 384 g/mol. The number of anilines is 1. The molecule has 0 unspecified atom stereocenters. The van der Waals surface area contributed by atoms with Crippen molar-refractivity contribution in [2.45, 2.75) is 27.2 Å². The highest BCUT2D eigenvalue weighted by atomic mass is 35.5. The van der Waals surface area contributed by atoms with Crippen LogP contribution in [0.15, 0.2) is 23.9 Å². The van der Waals surface area contributed by atoms with Gasteiger partial charge in [-0.3, -0.25) is 15.2 Å². The summed E-state index contributed by atoms with van der Waals surface area (Å²) in [6.45, 7) is 6.32. The minimum absolute atomic E-state index is 0.118. The van der Waals surface area contributed by atoms with E-state index in [1.807, 2.05) is 6.92 Å². The zero-order valence-corrected chi connectivity index (χ0v) is 16.7. The van der Waals surface area contributed by atoms with Gasteiger partial charge in [0.25, 0.3) is 0 Å². The third kappa shape index (κ3) is 3.87. The maximum atomic E-state index is 12.7. The second-order valence-corrected chi connectivity index (χ2v) is 6.38. The van der Waals surface area contributed by atoms with Crippen LogP contribution in [0.1, 0.15) is 32.9 Å². The average molecular weight is 405 g/mol. The predicted molar refractivity (Wildman–Crippen MR) is 106 cm³/mol. The first-order valence-electron chi connectivity index (χ1n) is 9.06. The van der Waals surface area contributed by atoms with Gasteiger partial charge in [-0.15, -0.1) is 0 Å². The number of carbonyl (C=O) groups is 2. The highest BCUT2D eigenvalue weighted by Gasteiger charge is 2.33. The van der Waals surface area contributed by atoms with Crippen molar-refractivity contribution in [3.8, 4) is 0 Å². The van der Waals surface area contributed by atoms with Crippen LogP contribution < -0.4 is 10.4 Å². The average Bonchev–Trinajstić information content (AvgIpc) is 2.66. The van der Waals surface area contributed by atoms with Crippen LogP contribution in [0.25, 0.3) is 16.6 Å². The minimum atomic E-state index is -0.582. The molecule has 0 amide bonds. The summed E-state index contributed by atoms with van der Waals surface area (Å²) in [6, 6.07) is 5.17. The van der Waals surface area contributed by atoms with Crippen LogP contribution in [-0.4, -0.2) is 41.7 Å². The summed E-state index contributed by atoms with van der Waals surface area (Å²) in [4.78, 5) is 34.1. The number of benzene rings is 1. The fourth-order valence-corrected chi connectivity index (χ4v) is 3.09. The Morgan fingerprint density at radius 1 is 1.11 bits per heavy atom. The zero-order chi connectivity index (χ0) is 20.3. The second kappa shape index (κ2) is 8.43. The SMILES string of the molecule is CCOC(=O)CC1=C(C(=O)OCC)c2nc3cc(Cl)ccc3nc2N(CC)N1. The number of nitrogens with one attached hydrogen (secondary N) is 1. The summed E-state index contributed by atoms with van der Waals surface area (Å²) >= 11 is 6.08. The van der Waals surface area contributed by atoms with Gasteiger partial charge >= 0.3 is 11.9 Å². The van der Waals surface area contributed by atoms with Crippen molar-refractivity contribution in [3.05, 3.63) is 34.6 Å². The third-order valence-corrected chi connectivity index (χ3v) is 4.33. The van der Waals surface area contributed by atoms with Crippen LogP contribution in [0.3, 0.4) is 0 Å². The van der Waals surface area contributed by atoms with E-state index in [0.717, 1.165) is 0 Å². The maximum absolute atomic E-state index is 12.7. The lowest BCUT2D eigenvalue weighted by atomic mass is 10.0. The standard InChI is InChI=1S/C19H21ClN4O4/c1-4-24-18-17(21-13-9-11(20)7-8-12(13)22-18)16(19(26)28-6-3)14(23-24)10-15(25)27-5-2/h7-9,23H,4-6,10H2,1-3H3. The van der Waals surface area contributed by atoms with E-state index in [4.69, 9.17) is 21.1 Å². The highest BCUT2D eigenvalue weighted by Crippen LogP contribution is 2.33. The molecule has 0 fully saturated rings. The molecule has 1 aliphatic heterocycles. The Labute approximate surface area is 167 Å². The molecule has 8 nitrogen and oxygen atoms in total. The van der Waals surface area contributed by atoms with Crippen molar-refractivity contribution < 1.29 is 19.1 Å². The molecule has 0 saturated heterocycles. The molecule has 0 bridgehead atoms. The number of esters is 2. The van der Waals surface area contributed by atoms with E-state index < -0.39 is 11.9 Å². The number of hydrogen-bond donors (Lipinski definition) is 1. The number of aromatic nitrogens is 2. The Morgan fingerprint density at radius 2 is 1.86 bits per heavy atom. The number of halogens is 1. The van der Waals surface area contributed by atoms with Gasteiger partial charge < -0.3 is 9.47 Å². The monoisotopic (exact) mass is 404 g/mol. The van der Waals surface area contributed by atoms with Crippen LogP contribution in [0.5, 0.6) is 0 Å². The van der Waals surface area contributed by atoms with Crippen molar-refractivity contribution in [1.29, 1.82) is 0 Å². The van der Waals surface area contributed by atoms with Crippen LogP contribution >= 0.6 is 11.6 Å². The second-order valence-electron chi connectivity index (χ2n) is 5.94. The number of hydrogen-bond acceptors (Lipinski definition) is 8. The van der Waals surface area contributed by atoms with Crippen molar-refractivity contribution in [2.24, 2.45) is 0 Å². The summed E-state index contributed by atoms with van der Waals surface area (Å²) < 4.78 is 10.3.